The van der Waals surface area contributed by atoms with E-state index in [-0.39, 0.29) is 21.9 Å². The number of benzene rings is 1. The average Bonchev–Trinajstić information content (AvgIpc) is 3.43. The standard InChI is InChI=1S/C25H29N5O4S/c1-16-8-5-6-10-20(16)35(32,33)23-19-14-27-21-18(11-12-26-21)30(19)22(28-23)17-9-7-13-29(15-17)24(31)34-25(2,3)4/h5-6,8,10-12,14,17,26H,7,9,13,15H2,1-4H3/t17-/m1/s1. The Kier molecular flexibility index (Phi) is 5.58. The van der Waals surface area contributed by atoms with Crippen molar-refractivity contribution in [1.82, 2.24) is 24.3 Å². The maximum Gasteiger partial charge on any atom is 0.410 e. The van der Waals surface area contributed by atoms with Gasteiger partial charge in [0.1, 0.15) is 16.9 Å². The monoisotopic (exact) mass is 495 g/mol. The fourth-order valence-corrected chi connectivity index (χ4v) is 6.26. The van der Waals surface area contributed by atoms with E-state index in [0.717, 1.165) is 18.4 Å². The van der Waals surface area contributed by atoms with Gasteiger partial charge in [0.05, 0.1) is 16.6 Å². The van der Waals surface area contributed by atoms with Crippen LogP contribution in [-0.4, -0.2) is 57.5 Å². The number of nitrogens with zero attached hydrogens (tertiary/aromatic N) is 4. The van der Waals surface area contributed by atoms with Crippen LogP contribution in [0.1, 0.15) is 50.9 Å². The number of piperidine rings is 1. The summed E-state index contributed by atoms with van der Waals surface area (Å²) < 4.78 is 35.0. The smallest absolute Gasteiger partial charge is 0.410 e. The molecule has 0 spiro atoms. The zero-order chi connectivity index (χ0) is 25.0. The van der Waals surface area contributed by atoms with Gasteiger partial charge in [-0.15, -0.1) is 0 Å². The van der Waals surface area contributed by atoms with E-state index >= 15 is 0 Å². The van der Waals surface area contributed by atoms with Crippen molar-refractivity contribution in [3.05, 3.63) is 54.1 Å². The molecule has 1 aromatic carbocycles. The maximum atomic E-state index is 13.8. The molecule has 0 radical (unpaired) electrons. The number of hydrogen-bond acceptors (Lipinski definition) is 6. The van der Waals surface area contributed by atoms with Crippen molar-refractivity contribution in [1.29, 1.82) is 0 Å². The number of H-pyrrole nitrogens is 1. The first-order chi connectivity index (χ1) is 16.6. The second kappa shape index (κ2) is 8.37. The summed E-state index contributed by atoms with van der Waals surface area (Å²) in [7, 11) is -3.91. The van der Waals surface area contributed by atoms with Crippen LogP contribution in [0, 0.1) is 6.92 Å². The Morgan fingerprint density at radius 1 is 1.17 bits per heavy atom. The number of ether oxygens (including phenoxy) is 1. The van der Waals surface area contributed by atoms with Gasteiger partial charge in [0.15, 0.2) is 10.7 Å². The number of carbonyl (C=O) groups excluding carboxylic acids is 1. The van der Waals surface area contributed by atoms with E-state index in [9.17, 15) is 13.2 Å². The number of carbonyl (C=O) groups is 1. The minimum Gasteiger partial charge on any atom is -0.444 e. The predicted octanol–water partition coefficient (Wildman–Crippen LogP) is 4.47. The summed E-state index contributed by atoms with van der Waals surface area (Å²) in [6.07, 6.45) is 4.49. The van der Waals surface area contributed by atoms with E-state index < -0.39 is 15.4 Å². The zero-order valence-corrected chi connectivity index (χ0v) is 21.1. The van der Waals surface area contributed by atoms with Crippen molar-refractivity contribution < 1.29 is 17.9 Å². The van der Waals surface area contributed by atoms with Gasteiger partial charge >= 0.3 is 6.09 Å². The fraction of sp³-hybridized carbons (Fsp3) is 0.400. The van der Waals surface area contributed by atoms with Gasteiger partial charge in [-0.2, -0.15) is 0 Å². The molecule has 0 aliphatic carbocycles. The van der Waals surface area contributed by atoms with Gasteiger partial charge in [0, 0.05) is 25.2 Å². The number of amides is 1. The zero-order valence-electron chi connectivity index (χ0n) is 20.3. The summed E-state index contributed by atoms with van der Waals surface area (Å²) >= 11 is 0. The van der Waals surface area contributed by atoms with Crippen molar-refractivity contribution in [2.45, 2.75) is 62.0 Å². The van der Waals surface area contributed by atoms with E-state index in [1.165, 1.54) is 0 Å². The number of hydrogen-bond donors (Lipinski definition) is 1. The summed E-state index contributed by atoms with van der Waals surface area (Å²) in [6, 6.07) is 8.75. The van der Waals surface area contributed by atoms with Gasteiger partial charge in [-0.05, 0) is 58.2 Å². The van der Waals surface area contributed by atoms with Crippen LogP contribution in [0.2, 0.25) is 0 Å². The average molecular weight is 496 g/mol. The van der Waals surface area contributed by atoms with Crippen molar-refractivity contribution in [2.24, 2.45) is 0 Å². The third kappa shape index (κ3) is 4.16. The highest BCUT2D eigenvalue weighted by molar-refractivity contribution is 7.91. The Bertz CT molecular complexity index is 1530. The Morgan fingerprint density at radius 3 is 2.69 bits per heavy atom. The molecule has 0 bridgehead atoms. The van der Waals surface area contributed by atoms with Crippen LogP contribution in [0.3, 0.4) is 0 Å². The van der Waals surface area contributed by atoms with Crippen LogP contribution in [0.4, 0.5) is 4.79 Å². The lowest BCUT2D eigenvalue weighted by Gasteiger charge is -2.33. The van der Waals surface area contributed by atoms with E-state index in [0.29, 0.717) is 35.6 Å². The molecular formula is C25H29N5O4S. The van der Waals surface area contributed by atoms with Crippen LogP contribution in [0.5, 0.6) is 0 Å². The van der Waals surface area contributed by atoms with Gasteiger partial charge in [0.2, 0.25) is 9.84 Å². The first kappa shape index (κ1) is 23.3. The summed E-state index contributed by atoms with van der Waals surface area (Å²) in [4.78, 5) is 27.0. The number of rotatable bonds is 3. The van der Waals surface area contributed by atoms with Crippen molar-refractivity contribution in [2.75, 3.05) is 13.1 Å². The van der Waals surface area contributed by atoms with Crippen LogP contribution in [0.25, 0.3) is 16.7 Å². The topological polar surface area (TPSA) is 110 Å². The third-order valence-corrected chi connectivity index (χ3v) is 8.09. The molecule has 5 rings (SSSR count). The second-order valence-corrected chi connectivity index (χ2v) is 11.8. The molecule has 4 heterocycles. The molecule has 1 amide bonds. The summed E-state index contributed by atoms with van der Waals surface area (Å²) in [5.41, 5.74) is 1.85. The minimum atomic E-state index is -3.91. The highest BCUT2D eigenvalue weighted by Crippen LogP contribution is 2.34. The second-order valence-electron chi connectivity index (χ2n) is 10.00. The molecule has 1 fully saturated rings. The molecule has 35 heavy (non-hydrogen) atoms. The van der Waals surface area contributed by atoms with Crippen molar-refractivity contribution >= 4 is 32.6 Å². The van der Waals surface area contributed by atoms with E-state index in [1.54, 1.807) is 42.4 Å². The molecule has 3 aromatic heterocycles. The van der Waals surface area contributed by atoms with Crippen LogP contribution in [0.15, 0.2) is 52.6 Å². The highest BCUT2D eigenvalue weighted by atomic mass is 32.2. The van der Waals surface area contributed by atoms with E-state index in [1.807, 2.05) is 37.3 Å². The van der Waals surface area contributed by atoms with Gasteiger partial charge in [0.25, 0.3) is 0 Å². The molecule has 4 aromatic rings. The number of aryl methyl sites for hydroxylation is 1. The Labute approximate surface area is 204 Å². The minimum absolute atomic E-state index is 0.0215. The Hall–Kier alpha value is -3.40. The molecule has 0 unspecified atom stereocenters. The molecule has 1 aliphatic heterocycles. The van der Waals surface area contributed by atoms with Crippen LogP contribution in [-0.2, 0) is 14.6 Å². The summed E-state index contributed by atoms with van der Waals surface area (Å²) in [6.45, 7) is 8.27. The number of sulfone groups is 1. The fourth-order valence-electron chi connectivity index (χ4n) is 4.67. The van der Waals surface area contributed by atoms with Gasteiger partial charge in [-0.3, -0.25) is 4.40 Å². The van der Waals surface area contributed by atoms with Crippen LogP contribution < -0.4 is 0 Å². The molecule has 1 saturated heterocycles. The Morgan fingerprint density at radius 2 is 1.94 bits per heavy atom. The highest BCUT2D eigenvalue weighted by Gasteiger charge is 2.34. The normalized spacial score (nSPS) is 17.3. The molecule has 1 atom stereocenters. The molecular weight excluding hydrogens is 466 g/mol. The lowest BCUT2D eigenvalue weighted by atomic mass is 9.97. The van der Waals surface area contributed by atoms with Crippen LogP contribution >= 0.6 is 0 Å². The van der Waals surface area contributed by atoms with E-state index in [2.05, 4.69) is 9.97 Å². The van der Waals surface area contributed by atoms with Gasteiger partial charge in [-0.25, -0.2) is 23.2 Å². The number of nitrogens with one attached hydrogen (secondary N) is 1. The van der Waals surface area contributed by atoms with Gasteiger partial charge in [-0.1, -0.05) is 18.2 Å². The third-order valence-electron chi connectivity index (χ3n) is 6.24. The lowest BCUT2D eigenvalue weighted by Crippen LogP contribution is -2.42. The maximum absolute atomic E-state index is 13.8. The predicted molar refractivity (Wildman–Crippen MR) is 131 cm³/mol. The SMILES string of the molecule is Cc1ccccc1S(=O)(=O)c1nc([C@@H]2CCCN(C(=O)OC(C)(C)C)C2)n2c1cnc1[nH]ccc12. The molecule has 1 N–H and O–H groups in total. The molecule has 184 valence electrons. The number of likely N-dealkylation sites (tertiary alicyclic amines) is 1. The molecule has 1 aliphatic rings. The first-order valence-corrected chi connectivity index (χ1v) is 13.2. The lowest BCUT2D eigenvalue weighted by molar-refractivity contribution is 0.0195. The first-order valence-electron chi connectivity index (χ1n) is 11.7. The molecule has 0 saturated carbocycles. The quantitative estimate of drug-likeness (QED) is 0.449. The van der Waals surface area contributed by atoms with Crippen molar-refractivity contribution in [3.63, 3.8) is 0 Å². The molecule has 10 heteroatoms. The Balaban J connectivity index is 1.64. The molecule has 9 nitrogen and oxygen atoms in total. The number of fused-ring (bicyclic) bond motifs is 3. The van der Waals surface area contributed by atoms with Crippen molar-refractivity contribution in [3.8, 4) is 0 Å². The summed E-state index contributed by atoms with van der Waals surface area (Å²) in [5, 5.41) is -0.0215. The number of aromatic nitrogens is 4. The van der Waals surface area contributed by atoms with E-state index in [4.69, 9.17) is 9.72 Å². The van der Waals surface area contributed by atoms with Gasteiger partial charge < -0.3 is 14.6 Å². The number of imidazole rings is 1. The number of aromatic amines is 1. The largest absolute Gasteiger partial charge is 0.444 e. The summed E-state index contributed by atoms with van der Waals surface area (Å²) in [5.74, 6) is 0.442.